The Morgan fingerprint density at radius 2 is 2.00 bits per heavy atom. The number of nitrogens with zero attached hydrogens (tertiary/aromatic N) is 1. The summed E-state index contributed by atoms with van der Waals surface area (Å²) in [6, 6.07) is 0.112. The van der Waals surface area contributed by atoms with Gasteiger partial charge in [-0.15, -0.1) is 0 Å². The van der Waals surface area contributed by atoms with Crippen molar-refractivity contribution in [2.24, 2.45) is 0 Å². The Bertz CT molecular complexity index is 498. The van der Waals surface area contributed by atoms with Crippen LogP contribution in [0.2, 0.25) is 0 Å². The number of aromatic amines is 2. The number of amides is 1. The topological polar surface area (TPSA) is 108 Å². The minimum atomic E-state index is -0.765. The first kappa shape index (κ1) is 10.6. The molecule has 16 heavy (non-hydrogen) atoms. The van der Waals surface area contributed by atoms with E-state index in [0.29, 0.717) is 0 Å². The molecule has 0 saturated heterocycles. The largest absolute Gasteiger partial charge is 0.348 e. The number of carbonyl (C=O) groups is 1. The second-order valence-electron chi connectivity index (χ2n) is 3.81. The molecule has 7 heteroatoms. The fourth-order valence-corrected chi connectivity index (χ4v) is 1.83. The van der Waals surface area contributed by atoms with Gasteiger partial charge in [0.25, 0.3) is 11.5 Å². The number of H-pyrrole nitrogens is 2. The first-order valence-electron chi connectivity index (χ1n) is 5.16. The average molecular weight is 224 g/mol. The van der Waals surface area contributed by atoms with Crippen LogP contribution in [0.3, 0.4) is 0 Å². The first-order chi connectivity index (χ1) is 7.66. The first-order valence-corrected chi connectivity index (χ1v) is 5.16. The summed E-state index contributed by atoms with van der Waals surface area (Å²) in [7, 11) is 0. The molecule has 7 nitrogen and oxygen atoms in total. The summed E-state index contributed by atoms with van der Waals surface area (Å²) in [6.07, 6.45) is 4.01. The third-order valence-electron chi connectivity index (χ3n) is 2.62. The molecule has 0 radical (unpaired) electrons. The van der Waals surface area contributed by atoms with Gasteiger partial charge in [-0.1, -0.05) is 12.8 Å². The second-order valence-corrected chi connectivity index (χ2v) is 3.81. The Balaban J connectivity index is 2.14. The van der Waals surface area contributed by atoms with Crippen LogP contribution in [-0.2, 0) is 0 Å². The van der Waals surface area contributed by atoms with Crippen LogP contribution in [0.25, 0.3) is 0 Å². The molecule has 0 spiro atoms. The van der Waals surface area contributed by atoms with Crippen molar-refractivity contribution in [3.8, 4) is 0 Å². The minimum Gasteiger partial charge on any atom is -0.348 e. The van der Waals surface area contributed by atoms with Crippen molar-refractivity contribution >= 4 is 5.91 Å². The van der Waals surface area contributed by atoms with Crippen molar-refractivity contribution in [1.82, 2.24) is 20.5 Å². The lowest BCUT2D eigenvalue weighted by Gasteiger charge is -2.09. The third kappa shape index (κ3) is 2.18. The number of rotatable bonds is 2. The molecule has 1 aliphatic carbocycles. The zero-order chi connectivity index (χ0) is 11.5. The lowest BCUT2D eigenvalue weighted by molar-refractivity contribution is 0.0929. The molecule has 0 bridgehead atoms. The fourth-order valence-electron chi connectivity index (χ4n) is 1.83. The summed E-state index contributed by atoms with van der Waals surface area (Å²) in [4.78, 5) is 35.5. The van der Waals surface area contributed by atoms with Crippen LogP contribution >= 0.6 is 0 Å². The monoisotopic (exact) mass is 224 g/mol. The Morgan fingerprint density at radius 3 is 2.62 bits per heavy atom. The zero-order valence-corrected chi connectivity index (χ0v) is 8.58. The van der Waals surface area contributed by atoms with Crippen molar-refractivity contribution in [3.05, 3.63) is 26.5 Å². The number of hydrogen-bond donors (Lipinski definition) is 3. The standard InChI is InChI=1S/C9H12N4O3/c14-7(10-5-3-1-2-4-5)6-8(15)11-9(16)13-12-6/h5H,1-4H2,(H,10,14)(H2,11,13,15,16). The highest BCUT2D eigenvalue weighted by Crippen LogP contribution is 2.17. The van der Waals surface area contributed by atoms with E-state index in [0.717, 1.165) is 25.7 Å². The maximum Gasteiger partial charge on any atom is 0.342 e. The molecular formula is C9H12N4O3. The van der Waals surface area contributed by atoms with Crippen LogP contribution in [0, 0.1) is 0 Å². The summed E-state index contributed by atoms with van der Waals surface area (Å²) in [5.41, 5.74) is -1.78. The van der Waals surface area contributed by atoms with Gasteiger partial charge in [-0.3, -0.25) is 14.6 Å². The SMILES string of the molecule is O=C(NC1CCCC1)c1n[nH]c(=O)[nH]c1=O. The van der Waals surface area contributed by atoms with E-state index in [1.807, 2.05) is 10.1 Å². The van der Waals surface area contributed by atoms with Gasteiger partial charge < -0.3 is 5.32 Å². The predicted octanol–water partition coefficient (Wildman–Crippen LogP) is -0.869. The molecule has 1 fully saturated rings. The summed E-state index contributed by atoms with van der Waals surface area (Å²) in [5.74, 6) is -0.538. The molecule has 86 valence electrons. The van der Waals surface area contributed by atoms with E-state index in [1.165, 1.54) is 0 Å². The molecule has 3 N–H and O–H groups in total. The molecule has 0 aliphatic heterocycles. The number of hydrogen-bond acceptors (Lipinski definition) is 4. The maximum absolute atomic E-state index is 11.6. The van der Waals surface area contributed by atoms with Gasteiger partial charge >= 0.3 is 5.69 Å². The van der Waals surface area contributed by atoms with E-state index in [4.69, 9.17) is 0 Å². The number of nitrogens with one attached hydrogen (secondary N) is 3. The average Bonchev–Trinajstić information content (AvgIpc) is 2.70. The number of aromatic nitrogens is 3. The van der Waals surface area contributed by atoms with Gasteiger partial charge in [-0.05, 0) is 12.8 Å². The van der Waals surface area contributed by atoms with E-state index in [9.17, 15) is 14.4 Å². The van der Waals surface area contributed by atoms with Crippen molar-refractivity contribution in [1.29, 1.82) is 0 Å². The van der Waals surface area contributed by atoms with Crippen molar-refractivity contribution in [2.75, 3.05) is 0 Å². The van der Waals surface area contributed by atoms with E-state index in [1.54, 1.807) is 0 Å². The van der Waals surface area contributed by atoms with Crippen LogP contribution < -0.4 is 16.6 Å². The Morgan fingerprint density at radius 1 is 1.31 bits per heavy atom. The van der Waals surface area contributed by atoms with Gasteiger partial charge in [0.1, 0.15) is 0 Å². The van der Waals surface area contributed by atoms with Crippen LogP contribution in [0.5, 0.6) is 0 Å². The lowest BCUT2D eigenvalue weighted by atomic mass is 10.2. The van der Waals surface area contributed by atoms with Crippen molar-refractivity contribution in [2.45, 2.75) is 31.7 Å². The van der Waals surface area contributed by atoms with Gasteiger partial charge in [0.05, 0.1) is 0 Å². The molecule has 1 amide bonds. The van der Waals surface area contributed by atoms with E-state index in [-0.39, 0.29) is 11.7 Å². The second kappa shape index (κ2) is 4.30. The van der Waals surface area contributed by atoms with E-state index in [2.05, 4.69) is 10.4 Å². The Hall–Kier alpha value is -1.92. The summed E-state index contributed by atoms with van der Waals surface area (Å²) in [6.45, 7) is 0. The van der Waals surface area contributed by atoms with Gasteiger partial charge in [0.2, 0.25) is 5.69 Å². The van der Waals surface area contributed by atoms with Crippen LogP contribution in [0.4, 0.5) is 0 Å². The molecule has 2 rings (SSSR count). The van der Waals surface area contributed by atoms with Gasteiger partial charge in [0, 0.05) is 6.04 Å². The van der Waals surface area contributed by atoms with Gasteiger partial charge in [-0.25, -0.2) is 9.89 Å². The normalized spacial score (nSPS) is 16.2. The fraction of sp³-hybridized carbons (Fsp3) is 0.556. The molecule has 1 saturated carbocycles. The highest BCUT2D eigenvalue weighted by atomic mass is 16.2. The molecule has 1 aliphatic rings. The van der Waals surface area contributed by atoms with Gasteiger partial charge in [-0.2, -0.15) is 5.10 Å². The zero-order valence-electron chi connectivity index (χ0n) is 8.58. The molecule has 1 heterocycles. The number of carbonyl (C=O) groups excluding carboxylic acids is 1. The van der Waals surface area contributed by atoms with Gasteiger partial charge in [0.15, 0.2) is 0 Å². The van der Waals surface area contributed by atoms with Crippen LogP contribution in [0.15, 0.2) is 9.59 Å². The quantitative estimate of drug-likeness (QED) is 0.606. The summed E-state index contributed by atoms with van der Waals surface area (Å²) < 4.78 is 0. The van der Waals surface area contributed by atoms with E-state index >= 15 is 0 Å². The highest BCUT2D eigenvalue weighted by Gasteiger charge is 2.20. The molecular weight excluding hydrogens is 212 g/mol. The third-order valence-corrected chi connectivity index (χ3v) is 2.62. The smallest absolute Gasteiger partial charge is 0.342 e. The molecule has 0 unspecified atom stereocenters. The summed E-state index contributed by atoms with van der Waals surface area (Å²) in [5, 5.41) is 8.16. The Labute approximate surface area is 90.3 Å². The lowest BCUT2D eigenvalue weighted by Crippen LogP contribution is -2.39. The molecule has 1 aromatic rings. The molecule has 0 atom stereocenters. The summed E-state index contributed by atoms with van der Waals surface area (Å²) >= 11 is 0. The van der Waals surface area contributed by atoms with Crippen molar-refractivity contribution < 1.29 is 4.79 Å². The highest BCUT2D eigenvalue weighted by molar-refractivity contribution is 5.91. The predicted molar refractivity (Wildman–Crippen MR) is 55.2 cm³/mol. The Kier molecular flexibility index (Phi) is 2.84. The van der Waals surface area contributed by atoms with Crippen molar-refractivity contribution in [3.63, 3.8) is 0 Å². The molecule has 0 aromatic carbocycles. The van der Waals surface area contributed by atoms with Crippen LogP contribution in [0.1, 0.15) is 36.2 Å². The van der Waals surface area contributed by atoms with Crippen LogP contribution in [-0.4, -0.2) is 27.1 Å². The van der Waals surface area contributed by atoms with E-state index < -0.39 is 17.2 Å². The minimum absolute atomic E-state index is 0.112. The molecule has 1 aromatic heterocycles. The maximum atomic E-state index is 11.6.